The molecule has 0 aliphatic rings. The van der Waals surface area contributed by atoms with Gasteiger partial charge in [-0.05, 0) is 6.42 Å². The standard InChI is InChI=1S/C12H22N2S2.ClH/c1-5-11-14-10(9-15-11)8-13-6-7-16-12(2,3)4;/h9,13H,5-8H2,1-4H3;1H. The first-order valence-electron chi connectivity index (χ1n) is 5.79. The van der Waals surface area contributed by atoms with Gasteiger partial charge in [0, 0.05) is 29.0 Å². The van der Waals surface area contributed by atoms with Gasteiger partial charge in [-0.1, -0.05) is 27.7 Å². The molecule has 0 aliphatic carbocycles. The maximum atomic E-state index is 4.52. The van der Waals surface area contributed by atoms with E-state index in [1.807, 2.05) is 11.8 Å². The molecule has 17 heavy (non-hydrogen) atoms. The second-order valence-corrected chi connectivity index (χ2v) is 7.59. The van der Waals surface area contributed by atoms with Crippen molar-refractivity contribution in [1.82, 2.24) is 10.3 Å². The van der Waals surface area contributed by atoms with E-state index in [1.165, 1.54) is 10.7 Å². The predicted molar refractivity (Wildman–Crippen MR) is 82.7 cm³/mol. The lowest BCUT2D eigenvalue weighted by Gasteiger charge is -2.17. The van der Waals surface area contributed by atoms with Crippen LogP contribution in [-0.4, -0.2) is 22.0 Å². The lowest BCUT2D eigenvalue weighted by atomic mass is 10.3. The Balaban J connectivity index is 0.00000256. The Bertz CT molecular complexity index is 308. The molecule has 0 saturated carbocycles. The number of aryl methyl sites for hydroxylation is 1. The Morgan fingerprint density at radius 3 is 2.65 bits per heavy atom. The second-order valence-electron chi connectivity index (χ2n) is 4.72. The van der Waals surface area contributed by atoms with Crippen LogP contribution in [0.5, 0.6) is 0 Å². The first-order chi connectivity index (χ1) is 7.51. The molecule has 0 spiro atoms. The highest BCUT2D eigenvalue weighted by Crippen LogP contribution is 2.22. The van der Waals surface area contributed by atoms with Crippen molar-refractivity contribution in [1.29, 1.82) is 0 Å². The van der Waals surface area contributed by atoms with E-state index in [0.29, 0.717) is 4.75 Å². The average molecular weight is 295 g/mol. The number of aromatic nitrogens is 1. The highest BCUT2D eigenvalue weighted by molar-refractivity contribution is 8.00. The molecule has 100 valence electrons. The molecule has 1 aromatic rings. The van der Waals surface area contributed by atoms with E-state index >= 15 is 0 Å². The van der Waals surface area contributed by atoms with Gasteiger partial charge in [0.1, 0.15) is 0 Å². The minimum Gasteiger partial charge on any atom is -0.310 e. The second kappa shape index (κ2) is 8.35. The van der Waals surface area contributed by atoms with E-state index in [9.17, 15) is 0 Å². The maximum Gasteiger partial charge on any atom is 0.0926 e. The van der Waals surface area contributed by atoms with Crippen LogP contribution in [-0.2, 0) is 13.0 Å². The highest BCUT2D eigenvalue weighted by Gasteiger charge is 2.09. The van der Waals surface area contributed by atoms with Crippen molar-refractivity contribution in [2.24, 2.45) is 0 Å². The average Bonchev–Trinajstić information content (AvgIpc) is 2.63. The van der Waals surface area contributed by atoms with Crippen LogP contribution in [0, 0.1) is 0 Å². The molecule has 1 rings (SSSR count). The van der Waals surface area contributed by atoms with Crippen molar-refractivity contribution in [3.8, 4) is 0 Å². The molecule has 1 aromatic heterocycles. The monoisotopic (exact) mass is 294 g/mol. The molecule has 0 amide bonds. The van der Waals surface area contributed by atoms with Crippen LogP contribution in [0.4, 0.5) is 0 Å². The molecule has 2 nitrogen and oxygen atoms in total. The Hall–Kier alpha value is 0.230. The van der Waals surface area contributed by atoms with Crippen molar-refractivity contribution < 1.29 is 0 Å². The zero-order valence-corrected chi connectivity index (χ0v) is 13.5. The molecule has 0 atom stereocenters. The van der Waals surface area contributed by atoms with Crippen molar-refractivity contribution in [3.63, 3.8) is 0 Å². The summed E-state index contributed by atoms with van der Waals surface area (Å²) in [5.74, 6) is 1.16. The third kappa shape index (κ3) is 8.03. The van der Waals surface area contributed by atoms with Crippen LogP contribution in [0.15, 0.2) is 5.38 Å². The fourth-order valence-electron chi connectivity index (χ4n) is 1.24. The van der Waals surface area contributed by atoms with Gasteiger partial charge in [0.25, 0.3) is 0 Å². The summed E-state index contributed by atoms with van der Waals surface area (Å²) in [4.78, 5) is 4.52. The van der Waals surface area contributed by atoms with Gasteiger partial charge in [-0.2, -0.15) is 11.8 Å². The summed E-state index contributed by atoms with van der Waals surface area (Å²) < 4.78 is 0.373. The van der Waals surface area contributed by atoms with Gasteiger partial charge in [-0.25, -0.2) is 4.98 Å². The summed E-state index contributed by atoms with van der Waals surface area (Å²) in [5.41, 5.74) is 1.18. The molecule has 0 bridgehead atoms. The zero-order chi connectivity index (χ0) is 12.0. The minimum absolute atomic E-state index is 0. The largest absolute Gasteiger partial charge is 0.310 e. The van der Waals surface area contributed by atoms with E-state index < -0.39 is 0 Å². The van der Waals surface area contributed by atoms with Crippen LogP contribution < -0.4 is 5.32 Å². The molecule has 0 aliphatic heterocycles. The van der Waals surface area contributed by atoms with Crippen molar-refractivity contribution in [2.45, 2.75) is 45.4 Å². The third-order valence-electron chi connectivity index (χ3n) is 2.02. The van der Waals surface area contributed by atoms with E-state index in [1.54, 1.807) is 11.3 Å². The summed E-state index contributed by atoms with van der Waals surface area (Å²) in [6, 6.07) is 0. The smallest absolute Gasteiger partial charge is 0.0926 e. The summed E-state index contributed by atoms with van der Waals surface area (Å²) in [5, 5.41) is 6.83. The number of nitrogens with one attached hydrogen (secondary N) is 1. The fourth-order valence-corrected chi connectivity index (χ4v) is 2.84. The van der Waals surface area contributed by atoms with Crippen molar-refractivity contribution in [2.75, 3.05) is 12.3 Å². The predicted octanol–water partition coefficient (Wildman–Crippen LogP) is 3.75. The molecule has 1 heterocycles. The van der Waals surface area contributed by atoms with Crippen LogP contribution in [0.2, 0.25) is 0 Å². The Kier molecular flexibility index (Phi) is 8.47. The SMILES string of the molecule is CCc1nc(CNCCSC(C)(C)C)cs1.Cl. The molecular formula is C12H23ClN2S2. The summed E-state index contributed by atoms with van der Waals surface area (Å²) in [6.45, 7) is 10.9. The van der Waals surface area contributed by atoms with Crippen LogP contribution in [0.1, 0.15) is 38.4 Å². The molecule has 0 unspecified atom stereocenters. The number of thioether (sulfide) groups is 1. The highest BCUT2D eigenvalue weighted by atomic mass is 35.5. The van der Waals surface area contributed by atoms with E-state index in [2.05, 4.69) is 43.4 Å². The normalized spacial score (nSPS) is 11.3. The maximum absolute atomic E-state index is 4.52. The van der Waals surface area contributed by atoms with Gasteiger partial charge in [0.15, 0.2) is 0 Å². The molecule has 5 heteroatoms. The lowest BCUT2D eigenvalue weighted by Crippen LogP contribution is -2.19. The number of thiazole rings is 1. The summed E-state index contributed by atoms with van der Waals surface area (Å²) >= 11 is 3.76. The van der Waals surface area contributed by atoms with E-state index in [4.69, 9.17) is 0 Å². The number of halogens is 1. The van der Waals surface area contributed by atoms with Gasteiger partial charge in [-0.3, -0.25) is 0 Å². The van der Waals surface area contributed by atoms with Crippen LogP contribution >= 0.6 is 35.5 Å². The zero-order valence-electron chi connectivity index (χ0n) is 11.1. The number of hydrogen-bond donors (Lipinski definition) is 1. The lowest BCUT2D eigenvalue weighted by molar-refractivity contribution is 0.712. The number of hydrogen-bond acceptors (Lipinski definition) is 4. The summed E-state index contributed by atoms with van der Waals surface area (Å²) in [6.07, 6.45) is 1.05. The first kappa shape index (κ1) is 17.2. The molecule has 1 N–H and O–H groups in total. The fraction of sp³-hybridized carbons (Fsp3) is 0.750. The molecule has 0 radical (unpaired) electrons. The van der Waals surface area contributed by atoms with Crippen molar-refractivity contribution >= 4 is 35.5 Å². The Morgan fingerprint density at radius 1 is 1.41 bits per heavy atom. The van der Waals surface area contributed by atoms with Gasteiger partial charge in [-0.15, -0.1) is 23.7 Å². The number of rotatable bonds is 6. The van der Waals surface area contributed by atoms with E-state index in [0.717, 1.165) is 25.3 Å². The quantitative estimate of drug-likeness (QED) is 0.809. The van der Waals surface area contributed by atoms with E-state index in [-0.39, 0.29) is 12.4 Å². The molecule has 0 fully saturated rings. The van der Waals surface area contributed by atoms with Crippen LogP contribution in [0.3, 0.4) is 0 Å². The third-order valence-corrected chi connectivity index (χ3v) is 4.34. The topological polar surface area (TPSA) is 24.9 Å². The van der Waals surface area contributed by atoms with Crippen LogP contribution in [0.25, 0.3) is 0 Å². The first-order valence-corrected chi connectivity index (χ1v) is 7.66. The van der Waals surface area contributed by atoms with Crippen molar-refractivity contribution in [3.05, 3.63) is 16.1 Å². The molecule has 0 aromatic carbocycles. The minimum atomic E-state index is 0. The number of nitrogens with zero attached hydrogens (tertiary/aromatic N) is 1. The van der Waals surface area contributed by atoms with Gasteiger partial charge in [0.05, 0.1) is 10.7 Å². The van der Waals surface area contributed by atoms with Gasteiger partial charge < -0.3 is 5.32 Å². The van der Waals surface area contributed by atoms with Gasteiger partial charge in [0.2, 0.25) is 0 Å². The Labute approximate surface area is 119 Å². The van der Waals surface area contributed by atoms with Gasteiger partial charge >= 0.3 is 0 Å². The Morgan fingerprint density at radius 2 is 2.12 bits per heavy atom. The molecule has 0 saturated heterocycles. The summed E-state index contributed by atoms with van der Waals surface area (Å²) in [7, 11) is 0. The molecular weight excluding hydrogens is 272 g/mol.